The van der Waals surface area contributed by atoms with Gasteiger partial charge in [-0.1, -0.05) is 54.6 Å². The van der Waals surface area contributed by atoms with E-state index in [1.54, 1.807) is 0 Å². The van der Waals surface area contributed by atoms with Crippen molar-refractivity contribution in [1.82, 2.24) is 20.2 Å². The lowest BCUT2D eigenvalue weighted by atomic mass is 9.78. The van der Waals surface area contributed by atoms with Crippen LogP contribution in [0, 0.1) is 12.3 Å². The van der Waals surface area contributed by atoms with Gasteiger partial charge in [-0.3, -0.25) is 0 Å². The second kappa shape index (κ2) is 12.0. The van der Waals surface area contributed by atoms with Crippen molar-refractivity contribution < 1.29 is 5.11 Å². The van der Waals surface area contributed by atoms with Crippen LogP contribution in [0.5, 0.6) is 0 Å². The number of anilines is 1. The summed E-state index contributed by atoms with van der Waals surface area (Å²) in [5.41, 5.74) is 12.7. The van der Waals surface area contributed by atoms with Crippen molar-refractivity contribution in [3.8, 4) is 11.1 Å². The van der Waals surface area contributed by atoms with Gasteiger partial charge in [-0.15, -0.1) is 0 Å². The fraction of sp³-hybridized carbons (Fsp3) is 0.393. The molecule has 2 aliphatic rings. The number of fused-ring (bicyclic) bond motifs is 1. The van der Waals surface area contributed by atoms with Crippen LogP contribution < -0.4 is 11.1 Å². The molecule has 7 heteroatoms. The van der Waals surface area contributed by atoms with E-state index in [2.05, 4.69) is 68.7 Å². The molecule has 0 radical (unpaired) electrons. The molecule has 1 saturated heterocycles. The third-order valence-corrected chi connectivity index (χ3v) is 6.70. The van der Waals surface area contributed by atoms with Gasteiger partial charge in [0.25, 0.3) is 0 Å². The van der Waals surface area contributed by atoms with Gasteiger partial charge in [-0.25, -0.2) is 9.97 Å². The van der Waals surface area contributed by atoms with Gasteiger partial charge >= 0.3 is 0 Å². The Balaban J connectivity index is 0.000000243. The highest BCUT2D eigenvalue weighted by atomic mass is 16.3. The van der Waals surface area contributed by atoms with Gasteiger partial charge < -0.3 is 26.5 Å². The molecule has 35 heavy (non-hydrogen) atoms. The Hall–Kier alpha value is -3.13. The number of nitrogens with two attached hydrogens (primary N) is 1. The first-order chi connectivity index (χ1) is 17.1. The average Bonchev–Trinajstić information content (AvgIpc) is 2.88. The van der Waals surface area contributed by atoms with Gasteiger partial charge in [0, 0.05) is 50.6 Å². The number of hydrogen-bond donors (Lipinski definition) is 4. The SMILES string of the molecule is Cc1nc(N)nc2c1C(=N)CC(c1ccccc1-c1ccccc1)C2.OCCCN1CCNCC1. The molecule has 5 rings (SSSR count). The van der Waals surface area contributed by atoms with Crippen molar-refractivity contribution in [2.45, 2.75) is 32.1 Å². The molecule has 1 aromatic heterocycles. The summed E-state index contributed by atoms with van der Waals surface area (Å²) in [7, 11) is 0. The Labute approximate surface area is 207 Å². The standard InChI is InChI=1S/C21H20N4.C7H16N2O/c1-13-20-18(22)11-15(12-19(20)25-21(23)24-13)17-10-6-5-9-16(17)14-7-3-2-4-8-14;10-7-1-4-9-5-2-8-3-6-9/h2-10,15,22H,11-12H2,1H3,(H2,23,24,25);8,10H,1-7H2. The molecule has 2 heterocycles. The molecule has 2 aromatic carbocycles. The maximum Gasteiger partial charge on any atom is 0.220 e. The van der Waals surface area contributed by atoms with E-state index in [4.69, 9.17) is 16.2 Å². The highest BCUT2D eigenvalue weighted by Crippen LogP contribution is 2.37. The summed E-state index contributed by atoms with van der Waals surface area (Å²) in [6, 6.07) is 18.9. The van der Waals surface area contributed by atoms with Gasteiger partial charge in [0.15, 0.2) is 0 Å². The molecular weight excluding hydrogens is 436 g/mol. The predicted octanol–water partition coefficient (Wildman–Crippen LogP) is 3.41. The Bertz CT molecular complexity index is 1130. The zero-order valence-electron chi connectivity index (χ0n) is 20.5. The molecule has 3 aromatic rings. The monoisotopic (exact) mass is 472 g/mol. The van der Waals surface area contributed by atoms with Crippen LogP contribution in [-0.2, 0) is 6.42 Å². The summed E-state index contributed by atoms with van der Waals surface area (Å²) in [6.45, 7) is 7.77. The van der Waals surface area contributed by atoms with Crippen molar-refractivity contribution in [1.29, 1.82) is 5.41 Å². The van der Waals surface area contributed by atoms with E-state index in [1.165, 1.54) is 16.7 Å². The van der Waals surface area contributed by atoms with Crippen LogP contribution >= 0.6 is 0 Å². The van der Waals surface area contributed by atoms with Crippen molar-refractivity contribution in [2.75, 3.05) is 45.1 Å². The smallest absolute Gasteiger partial charge is 0.220 e. The number of aliphatic hydroxyl groups excluding tert-OH is 1. The lowest BCUT2D eigenvalue weighted by Crippen LogP contribution is -2.43. The van der Waals surface area contributed by atoms with Crippen LogP contribution in [0.4, 0.5) is 5.95 Å². The largest absolute Gasteiger partial charge is 0.396 e. The molecule has 7 nitrogen and oxygen atoms in total. The Morgan fingerprint density at radius 2 is 1.74 bits per heavy atom. The van der Waals surface area contributed by atoms with E-state index >= 15 is 0 Å². The van der Waals surface area contributed by atoms with Crippen LogP contribution in [0.3, 0.4) is 0 Å². The van der Waals surface area contributed by atoms with E-state index in [1.807, 2.05) is 13.0 Å². The average molecular weight is 473 g/mol. The fourth-order valence-electron chi connectivity index (χ4n) is 5.03. The van der Waals surface area contributed by atoms with E-state index in [0.717, 1.165) is 62.5 Å². The first-order valence-corrected chi connectivity index (χ1v) is 12.5. The minimum Gasteiger partial charge on any atom is -0.396 e. The highest BCUT2D eigenvalue weighted by Gasteiger charge is 2.28. The molecular formula is C28H36N6O. The highest BCUT2D eigenvalue weighted by molar-refractivity contribution is 6.01. The van der Waals surface area contributed by atoms with E-state index < -0.39 is 0 Å². The number of rotatable bonds is 5. The molecule has 1 unspecified atom stereocenters. The number of nitrogens with zero attached hydrogens (tertiary/aromatic N) is 3. The van der Waals surface area contributed by atoms with Gasteiger partial charge in [-0.05, 0) is 48.8 Å². The molecule has 0 spiro atoms. The summed E-state index contributed by atoms with van der Waals surface area (Å²) in [4.78, 5) is 11.0. The number of nitrogens with one attached hydrogen (secondary N) is 2. The number of benzene rings is 2. The molecule has 1 aliphatic carbocycles. The van der Waals surface area contributed by atoms with E-state index in [9.17, 15) is 0 Å². The second-order valence-corrected chi connectivity index (χ2v) is 9.19. The third-order valence-electron chi connectivity index (χ3n) is 6.70. The lowest BCUT2D eigenvalue weighted by molar-refractivity contribution is 0.206. The third kappa shape index (κ3) is 6.31. The predicted molar refractivity (Wildman–Crippen MR) is 142 cm³/mol. The molecule has 1 aliphatic heterocycles. The number of aromatic nitrogens is 2. The van der Waals surface area contributed by atoms with Crippen LogP contribution in [0.2, 0.25) is 0 Å². The van der Waals surface area contributed by atoms with Crippen LogP contribution in [0.1, 0.15) is 41.3 Å². The second-order valence-electron chi connectivity index (χ2n) is 9.19. The topological polar surface area (TPSA) is 111 Å². The maximum absolute atomic E-state index is 8.55. The molecule has 0 amide bonds. The molecule has 0 bridgehead atoms. The normalized spacial score (nSPS) is 17.9. The van der Waals surface area contributed by atoms with Crippen LogP contribution in [0.15, 0.2) is 54.6 Å². The lowest BCUT2D eigenvalue weighted by Gasteiger charge is -2.27. The minimum absolute atomic E-state index is 0.227. The van der Waals surface area contributed by atoms with Gasteiger partial charge in [0.2, 0.25) is 5.95 Å². The zero-order valence-corrected chi connectivity index (χ0v) is 20.5. The Kier molecular flexibility index (Phi) is 8.58. The molecule has 1 atom stereocenters. The minimum atomic E-state index is 0.227. The van der Waals surface area contributed by atoms with E-state index in [-0.39, 0.29) is 5.92 Å². The number of aryl methyl sites for hydroxylation is 1. The van der Waals surface area contributed by atoms with Gasteiger partial charge in [0.1, 0.15) is 0 Å². The van der Waals surface area contributed by atoms with Crippen molar-refractivity contribution in [3.05, 3.63) is 77.1 Å². The van der Waals surface area contributed by atoms with Gasteiger partial charge in [0.05, 0.1) is 11.4 Å². The quantitative estimate of drug-likeness (QED) is 0.453. The van der Waals surface area contributed by atoms with Crippen molar-refractivity contribution in [2.24, 2.45) is 0 Å². The number of nitrogen functional groups attached to an aromatic ring is 1. The first-order valence-electron chi connectivity index (χ1n) is 12.5. The summed E-state index contributed by atoms with van der Waals surface area (Å²) in [5.74, 6) is 0.520. The number of aliphatic hydroxyl groups is 1. The zero-order chi connectivity index (χ0) is 24.6. The summed E-state index contributed by atoms with van der Waals surface area (Å²) >= 11 is 0. The first kappa shape index (κ1) is 25.0. The van der Waals surface area contributed by atoms with E-state index in [0.29, 0.717) is 24.7 Å². The summed E-state index contributed by atoms with van der Waals surface area (Å²) < 4.78 is 0. The molecule has 0 saturated carbocycles. The molecule has 184 valence electrons. The summed E-state index contributed by atoms with van der Waals surface area (Å²) in [5, 5.41) is 20.4. The van der Waals surface area contributed by atoms with Crippen molar-refractivity contribution in [3.63, 3.8) is 0 Å². The summed E-state index contributed by atoms with van der Waals surface area (Å²) in [6.07, 6.45) is 2.40. The maximum atomic E-state index is 8.55. The Morgan fingerprint density at radius 3 is 2.49 bits per heavy atom. The van der Waals surface area contributed by atoms with Crippen molar-refractivity contribution >= 4 is 11.7 Å². The Morgan fingerprint density at radius 1 is 1.03 bits per heavy atom. The molecule has 5 N–H and O–H groups in total. The number of hydrogen-bond acceptors (Lipinski definition) is 7. The fourth-order valence-corrected chi connectivity index (χ4v) is 5.03. The van der Waals surface area contributed by atoms with Crippen LogP contribution in [-0.4, -0.2) is 65.0 Å². The molecule has 1 fully saturated rings. The van der Waals surface area contributed by atoms with Gasteiger partial charge in [-0.2, -0.15) is 0 Å². The number of piperazine rings is 1. The van der Waals surface area contributed by atoms with Crippen LogP contribution in [0.25, 0.3) is 11.1 Å².